The number of rotatable bonds is 4. The fourth-order valence-corrected chi connectivity index (χ4v) is 3.42. The van der Waals surface area contributed by atoms with Crippen molar-refractivity contribution in [2.24, 2.45) is 0 Å². The van der Waals surface area contributed by atoms with Crippen LogP contribution < -0.4 is 5.32 Å². The summed E-state index contributed by atoms with van der Waals surface area (Å²) in [6, 6.07) is 8.62. The summed E-state index contributed by atoms with van der Waals surface area (Å²) in [7, 11) is 0. The van der Waals surface area contributed by atoms with Crippen LogP contribution in [0.1, 0.15) is 26.7 Å². The lowest BCUT2D eigenvalue weighted by atomic mass is 10.1. The van der Waals surface area contributed by atoms with Crippen molar-refractivity contribution in [2.45, 2.75) is 13.3 Å². The highest BCUT2D eigenvalue weighted by Gasteiger charge is 2.14. The number of carbonyl (C=O) groups is 1. The molecule has 0 fully saturated rings. The molecule has 3 rings (SSSR count). The zero-order valence-corrected chi connectivity index (χ0v) is 14.4. The molecule has 0 atom stereocenters. The van der Waals surface area contributed by atoms with E-state index < -0.39 is 0 Å². The van der Waals surface area contributed by atoms with E-state index in [-0.39, 0.29) is 11.7 Å². The van der Waals surface area contributed by atoms with E-state index in [2.05, 4.69) is 10.3 Å². The van der Waals surface area contributed by atoms with Crippen LogP contribution in [0.5, 0.6) is 0 Å². The summed E-state index contributed by atoms with van der Waals surface area (Å²) < 4.78 is 5.06. The summed E-state index contributed by atoms with van der Waals surface area (Å²) in [6.45, 7) is 1.90. The first-order chi connectivity index (χ1) is 11.0. The molecule has 0 saturated carbocycles. The molecule has 2 aromatic heterocycles. The van der Waals surface area contributed by atoms with Gasteiger partial charge in [-0.2, -0.15) is 0 Å². The number of nitrogens with zero attached hydrogens (tertiary/aromatic N) is 1. The molecule has 7 heteroatoms. The van der Waals surface area contributed by atoms with Crippen molar-refractivity contribution < 1.29 is 9.21 Å². The van der Waals surface area contributed by atoms with Gasteiger partial charge in [0.2, 0.25) is 0 Å². The number of amides is 1. The first-order valence-corrected chi connectivity index (χ1v) is 8.35. The molecule has 0 aliphatic carbocycles. The quantitative estimate of drug-likeness (QED) is 0.690. The lowest BCUT2D eigenvalue weighted by molar-refractivity contribution is 0.0996. The Morgan fingerprint density at radius 3 is 2.91 bits per heavy atom. The Labute approximate surface area is 147 Å². The standard InChI is InChI=1S/C16H12Cl2N2O2S/c1-9-14(8-10-7-11(17)4-5-12(10)18)23-16(19-9)20-15(21)13-3-2-6-22-13/h2-7H,8H2,1H3,(H,19,20,21). The SMILES string of the molecule is Cc1nc(NC(=O)c2ccco2)sc1Cc1cc(Cl)ccc1Cl. The van der Waals surface area contributed by atoms with Crippen molar-refractivity contribution >= 4 is 45.6 Å². The second-order valence-corrected chi connectivity index (χ2v) is 6.80. The fraction of sp³-hybridized carbons (Fsp3) is 0.125. The highest BCUT2D eigenvalue weighted by molar-refractivity contribution is 7.15. The molecule has 0 unspecified atom stereocenters. The third kappa shape index (κ3) is 3.75. The van der Waals surface area contributed by atoms with E-state index in [0.717, 1.165) is 16.1 Å². The number of aryl methyl sites for hydroxylation is 1. The van der Waals surface area contributed by atoms with Gasteiger partial charge < -0.3 is 4.42 Å². The molecular formula is C16H12Cl2N2O2S. The summed E-state index contributed by atoms with van der Waals surface area (Å²) in [5, 5.41) is 4.55. The van der Waals surface area contributed by atoms with Crippen molar-refractivity contribution in [1.82, 2.24) is 4.98 Å². The van der Waals surface area contributed by atoms with E-state index in [1.807, 2.05) is 13.0 Å². The van der Waals surface area contributed by atoms with Gasteiger partial charge in [0.1, 0.15) is 0 Å². The number of halogens is 2. The molecule has 118 valence electrons. The van der Waals surface area contributed by atoms with Gasteiger partial charge in [0.15, 0.2) is 10.9 Å². The van der Waals surface area contributed by atoms with Crippen molar-refractivity contribution in [2.75, 3.05) is 5.32 Å². The largest absolute Gasteiger partial charge is 0.459 e. The van der Waals surface area contributed by atoms with E-state index in [0.29, 0.717) is 21.6 Å². The number of nitrogens with one attached hydrogen (secondary N) is 1. The van der Waals surface area contributed by atoms with E-state index in [1.54, 1.807) is 24.3 Å². The van der Waals surface area contributed by atoms with Crippen LogP contribution in [0.2, 0.25) is 10.0 Å². The molecule has 0 aliphatic rings. The van der Waals surface area contributed by atoms with Gasteiger partial charge in [0.05, 0.1) is 12.0 Å². The zero-order chi connectivity index (χ0) is 16.4. The van der Waals surface area contributed by atoms with Gasteiger partial charge in [0.25, 0.3) is 5.91 Å². The summed E-state index contributed by atoms with van der Waals surface area (Å²) >= 11 is 13.6. The van der Waals surface area contributed by atoms with Gasteiger partial charge in [-0.3, -0.25) is 10.1 Å². The third-order valence-corrected chi connectivity index (χ3v) is 4.89. The Bertz CT molecular complexity index is 844. The van der Waals surface area contributed by atoms with Crippen LogP contribution in [0.25, 0.3) is 0 Å². The number of hydrogen-bond acceptors (Lipinski definition) is 4. The maximum Gasteiger partial charge on any atom is 0.293 e. The second kappa shape index (κ2) is 6.74. The van der Waals surface area contributed by atoms with Crippen molar-refractivity contribution in [3.63, 3.8) is 0 Å². The van der Waals surface area contributed by atoms with Crippen LogP contribution in [-0.4, -0.2) is 10.9 Å². The Kier molecular flexibility index (Phi) is 4.71. The topological polar surface area (TPSA) is 55.1 Å². The molecule has 23 heavy (non-hydrogen) atoms. The lowest BCUT2D eigenvalue weighted by Gasteiger charge is -2.03. The smallest absolute Gasteiger partial charge is 0.293 e. The van der Waals surface area contributed by atoms with Gasteiger partial charge in [-0.05, 0) is 42.8 Å². The highest BCUT2D eigenvalue weighted by atomic mass is 35.5. The minimum atomic E-state index is -0.323. The van der Waals surface area contributed by atoms with Crippen LogP contribution >= 0.6 is 34.5 Å². The number of benzene rings is 1. The number of anilines is 1. The Balaban J connectivity index is 1.78. The van der Waals surface area contributed by atoms with Crippen LogP contribution in [0.15, 0.2) is 41.0 Å². The van der Waals surface area contributed by atoms with Gasteiger partial charge in [0, 0.05) is 21.3 Å². The van der Waals surface area contributed by atoms with Gasteiger partial charge >= 0.3 is 0 Å². The molecule has 4 nitrogen and oxygen atoms in total. The van der Waals surface area contributed by atoms with E-state index in [4.69, 9.17) is 27.6 Å². The second-order valence-electron chi connectivity index (χ2n) is 4.87. The maximum atomic E-state index is 12.0. The monoisotopic (exact) mass is 366 g/mol. The van der Waals surface area contributed by atoms with Crippen LogP contribution in [-0.2, 0) is 6.42 Å². The van der Waals surface area contributed by atoms with Gasteiger partial charge in [-0.25, -0.2) is 4.98 Å². The summed E-state index contributed by atoms with van der Waals surface area (Å²) in [5.41, 5.74) is 1.77. The van der Waals surface area contributed by atoms with Gasteiger partial charge in [-0.15, -0.1) is 11.3 Å². The Hall–Kier alpha value is -1.82. The van der Waals surface area contributed by atoms with E-state index in [1.165, 1.54) is 17.6 Å². The average molecular weight is 367 g/mol. The normalized spacial score (nSPS) is 10.7. The predicted molar refractivity (Wildman–Crippen MR) is 92.8 cm³/mol. The Morgan fingerprint density at radius 2 is 2.17 bits per heavy atom. The van der Waals surface area contributed by atoms with Crippen LogP contribution in [0.3, 0.4) is 0 Å². The zero-order valence-electron chi connectivity index (χ0n) is 12.1. The molecule has 1 amide bonds. The minimum Gasteiger partial charge on any atom is -0.459 e. The van der Waals surface area contributed by atoms with E-state index >= 15 is 0 Å². The van der Waals surface area contributed by atoms with Crippen LogP contribution in [0, 0.1) is 6.92 Å². The van der Waals surface area contributed by atoms with Crippen molar-refractivity contribution in [3.8, 4) is 0 Å². The number of hydrogen-bond donors (Lipinski definition) is 1. The highest BCUT2D eigenvalue weighted by Crippen LogP contribution is 2.29. The number of thiazole rings is 1. The first kappa shape index (κ1) is 16.1. The molecular weight excluding hydrogens is 355 g/mol. The minimum absolute atomic E-state index is 0.247. The Morgan fingerprint density at radius 1 is 1.35 bits per heavy atom. The molecule has 0 aliphatic heterocycles. The fourth-order valence-electron chi connectivity index (χ4n) is 2.06. The van der Waals surface area contributed by atoms with Gasteiger partial charge in [-0.1, -0.05) is 23.2 Å². The summed E-state index contributed by atoms with van der Waals surface area (Å²) in [6.07, 6.45) is 2.06. The van der Waals surface area contributed by atoms with Crippen molar-refractivity contribution in [3.05, 3.63) is 68.5 Å². The molecule has 1 aromatic carbocycles. The third-order valence-electron chi connectivity index (χ3n) is 3.22. The number of furan rings is 1. The lowest BCUT2D eigenvalue weighted by Crippen LogP contribution is -2.10. The van der Waals surface area contributed by atoms with E-state index in [9.17, 15) is 4.79 Å². The molecule has 0 radical (unpaired) electrons. The molecule has 0 bridgehead atoms. The molecule has 0 saturated heterocycles. The number of carbonyl (C=O) groups excluding carboxylic acids is 1. The van der Waals surface area contributed by atoms with Crippen molar-refractivity contribution in [1.29, 1.82) is 0 Å². The molecule has 2 heterocycles. The molecule has 3 aromatic rings. The first-order valence-electron chi connectivity index (χ1n) is 6.78. The molecule has 1 N–H and O–H groups in total. The predicted octanol–water partition coefficient (Wildman–Crippen LogP) is 5.19. The maximum absolute atomic E-state index is 12.0. The average Bonchev–Trinajstić information content (AvgIpc) is 3.14. The van der Waals surface area contributed by atoms with Crippen LogP contribution in [0.4, 0.5) is 5.13 Å². The summed E-state index contributed by atoms with van der Waals surface area (Å²) in [4.78, 5) is 17.4. The summed E-state index contributed by atoms with van der Waals surface area (Å²) in [5.74, 6) is -0.0756. The molecule has 0 spiro atoms. The number of aromatic nitrogens is 1.